The van der Waals surface area contributed by atoms with Crippen LogP contribution in [-0.2, 0) is 6.61 Å². The van der Waals surface area contributed by atoms with E-state index in [2.05, 4.69) is 28.7 Å². The number of nitro benzene ring substituents is 1. The topological polar surface area (TPSA) is 103 Å². The van der Waals surface area contributed by atoms with Gasteiger partial charge in [0.15, 0.2) is 11.5 Å². The van der Waals surface area contributed by atoms with Gasteiger partial charge in [0.2, 0.25) is 0 Å². The summed E-state index contributed by atoms with van der Waals surface area (Å²) in [7, 11) is 0. The number of amides is 1. The van der Waals surface area contributed by atoms with Gasteiger partial charge in [0.05, 0.1) is 17.7 Å². The first kappa shape index (κ1) is 23.4. The van der Waals surface area contributed by atoms with E-state index in [0.717, 1.165) is 16.3 Å². The molecule has 4 rings (SSSR count). The predicted molar refractivity (Wildman–Crippen MR) is 134 cm³/mol. The molecule has 1 amide bonds. The molecule has 0 unspecified atom stereocenters. The maximum atomic E-state index is 12.2. The monoisotopic (exact) mass is 469 g/mol. The van der Waals surface area contributed by atoms with Gasteiger partial charge in [-0.05, 0) is 59.2 Å². The number of hydrogen-bond acceptors (Lipinski definition) is 6. The van der Waals surface area contributed by atoms with Crippen LogP contribution in [0.1, 0.15) is 28.4 Å². The first-order chi connectivity index (χ1) is 17.0. The lowest BCUT2D eigenvalue weighted by atomic mass is 10.1. The van der Waals surface area contributed by atoms with Crippen LogP contribution in [0.15, 0.2) is 90.0 Å². The van der Waals surface area contributed by atoms with E-state index in [9.17, 15) is 14.9 Å². The van der Waals surface area contributed by atoms with Crippen molar-refractivity contribution < 1.29 is 19.2 Å². The molecule has 0 saturated carbocycles. The molecule has 1 N–H and O–H groups in total. The molecule has 0 aromatic heterocycles. The molecule has 0 aliphatic rings. The third-order valence-corrected chi connectivity index (χ3v) is 5.25. The second-order valence-electron chi connectivity index (χ2n) is 7.57. The maximum absolute atomic E-state index is 12.2. The Morgan fingerprint density at radius 2 is 1.74 bits per heavy atom. The van der Waals surface area contributed by atoms with Crippen molar-refractivity contribution in [3.63, 3.8) is 0 Å². The van der Waals surface area contributed by atoms with Gasteiger partial charge in [0, 0.05) is 17.7 Å². The van der Waals surface area contributed by atoms with E-state index >= 15 is 0 Å². The highest BCUT2D eigenvalue weighted by atomic mass is 16.6. The molecule has 4 aromatic carbocycles. The zero-order valence-corrected chi connectivity index (χ0v) is 19.0. The lowest BCUT2D eigenvalue weighted by Gasteiger charge is -2.13. The number of hydrazone groups is 1. The quantitative estimate of drug-likeness (QED) is 0.198. The fraction of sp³-hybridized carbons (Fsp3) is 0.111. The van der Waals surface area contributed by atoms with Crippen molar-refractivity contribution in [1.29, 1.82) is 0 Å². The number of benzene rings is 4. The first-order valence-electron chi connectivity index (χ1n) is 11.0. The Labute approximate surface area is 202 Å². The second-order valence-corrected chi connectivity index (χ2v) is 7.57. The molecule has 8 heteroatoms. The third-order valence-electron chi connectivity index (χ3n) is 5.25. The lowest BCUT2D eigenvalue weighted by molar-refractivity contribution is -0.384. The average molecular weight is 469 g/mol. The summed E-state index contributed by atoms with van der Waals surface area (Å²) < 4.78 is 11.8. The molecular formula is C27H23N3O5. The summed E-state index contributed by atoms with van der Waals surface area (Å²) in [4.78, 5) is 22.4. The average Bonchev–Trinajstić information content (AvgIpc) is 2.88. The highest BCUT2D eigenvalue weighted by Crippen LogP contribution is 2.30. The normalized spacial score (nSPS) is 10.9. The Kier molecular flexibility index (Phi) is 7.32. The minimum Gasteiger partial charge on any atom is -0.490 e. The minimum absolute atomic E-state index is 0.0868. The largest absolute Gasteiger partial charge is 0.490 e. The van der Waals surface area contributed by atoms with E-state index in [1.807, 2.05) is 37.3 Å². The van der Waals surface area contributed by atoms with Crippen LogP contribution < -0.4 is 14.9 Å². The van der Waals surface area contributed by atoms with Gasteiger partial charge in [0.1, 0.15) is 6.61 Å². The lowest BCUT2D eigenvalue weighted by Crippen LogP contribution is -2.17. The van der Waals surface area contributed by atoms with Crippen LogP contribution in [0.25, 0.3) is 10.8 Å². The van der Waals surface area contributed by atoms with Gasteiger partial charge in [0.25, 0.3) is 11.6 Å². The number of rotatable bonds is 9. The Balaban J connectivity index is 1.43. The van der Waals surface area contributed by atoms with E-state index in [0.29, 0.717) is 30.3 Å². The third kappa shape index (κ3) is 5.80. The first-order valence-corrected chi connectivity index (χ1v) is 11.0. The fourth-order valence-electron chi connectivity index (χ4n) is 3.53. The number of carbonyl (C=O) groups excluding carboxylic acids is 1. The summed E-state index contributed by atoms with van der Waals surface area (Å²) >= 11 is 0. The van der Waals surface area contributed by atoms with Gasteiger partial charge < -0.3 is 9.47 Å². The number of nitro groups is 1. The molecule has 0 aliphatic carbocycles. The zero-order valence-electron chi connectivity index (χ0n) is 19.0. The molecule has 4 aromatic rings. The van der Waals surface area contributed by atoms with E-state index in [1.165, 1.54) is 30.5 Å². The number of nitrogens with zero attached hydrogens (tertiary/aromatic N) is 2. The van der Waals surface area contributed by atoms with Crippen LogP contribution in [0.3, 0.4) is 0 Å². The molecule has 0 spiro atoms. The van der Waals surface area contributed by atoms with Gasteiger partial charge in [-0.2, -0.15) is 5.10 Å². The molecular weight excluding hydrogens is 446 g/mol. The number of non-ortho nitro benzene ring substituents is 1. The standard InChI is InChI=1S/C27H23N3O5/c1-2-34-26-16-19(17-28-29-27(31)21-11-13-23(14-12-21)30(32)33)10-15-25(26)35-18-22-8-5-7-20-6-3-4-9-24(20)22/h3-17H,2,18H2,1H3,(H,29,31)/b28-17-. The van der Waals surface area contributed by atoms with Crippen molar-refractivity contribution >= 4 is 28.6 Å². The summed E-state index contributed by atoms with van der Waals surface area (Å²) in [5.41, 5.74) is 4.37. The Morgan fingerprint density at radius 1 is 0.971 bits per heavy atom. The van der Waals surface area contributed by atoms with Crippen LogP contribution in [-0.4, -0.2) is 23.7 Å². The SMILES string of the molecule is CCOc1cc(/C=N\NC(=O)c2ccc([N+](=O)[O-])cc2)ccc1OCc1cccc2ccccc12. The van der Waals surface area contributed by atoms with Crippen LogP contribution >= 0.6 is 0 Å². The minimum atomic E-state index is -0.523. The molecule has 8 nitrogen and oxygen atoms in total. The van der Waals surface area contributed by atoms with Gasteiger partial charge in [-0.1, -0.05) is 42.5 Å². The number of carbonyl (C=O) groups is 1. The van der Waals surface area contributed by atoms with Crippen LogP contribution in [0, 0.1) is 10.1 Å². The van der Waals surface area contributed by atoms with Crippen LogP contribution in [0.5, 0.6) is 11.5 Å². The summed E-state index contributed by atoms with van der Waals surface area (Å²) in [5, 5.41) is 17.0. The van der Waals surface area contributed by atoms with Gasteiger partial charge in [-0.25, -0.2) is 5.43 Å². The van der Waals surface area contributed by atoms with Gasteiger partial charge >= 0.3 is 0 Å². The van der Waals surface area contributed by atoms with Crippen molar-refractivity contribution in [3.05, 3.63) is 112 Å². The predicted octanol–water partition coefficient (Wildman–Crippen LogP) is 5.49. The van der Waals surface area contributed by atoms with E-state index in [-0.39, 0.29) is 11.3 Å². The van der Waals surface area contributed by atoms with E-state index in [4.69, 9.17) is 9.47 Å². The number of ether oxygens (including phenoxy) is 2. The highest BCUT2D eigenvalue weighted by molar-refractivity contribution is 5.95. The van der Waals surface area contributed by atoms with Crippen molar-refractivity contribution in [2.75, 3.05) is 6.61 Å². The van der Waals surface area contributed by atoms with Crippen molar-refractivity contribution in [1.82, 2.24) is 5.43 Å². The molecule has 35 heavy (non-hydrogen) atoms. The van der Waals surface area contributed by atoms with E-state index in [1.54, 1.807) is 12.1 Å². The Hall–Kier alpha value is -4.72. The maximum Gasteiger partial charge on any atom is 0.271 e. The summed E-state index contributed by atoms with van der Waals surface area (Å²) in [6, 6.07) is 24.9. The van der Waals surface area contributed by atoms with Crippen molar-refractivity contribution in [2.24, 2.45) is 5.10 Å². The number of nitrogens with one attached hydrogen (secondary N) is 1. The van der Waals surface area contributed by atoms with Crippen LogP contribution in [0.2, 0.25) is 0 Å². The molecule has 0 heterocycles. The molecule has 0 saturated heterocycles. The van der Waals surface area contributed by atoms with E-state index < -0.39 is 10.8 Å². The molecule has 0 fully saturated rings. The van der Waals surface area contributed by atoms with Crippen molar-refractivity contribution in [2.45, 2.75) is 13.5 Å². The number of hydrogen-bond donors (Lipinski definition) is 1. The molecule has 0 radical (unpaired) electrons. The molecule has 0 bridgehead atoms. The Morgan fingerprint density at radius 3 is 2.51 bits per heavy atom. The molecule has 176 valence electrons. The summed E-state index contributed by atoms with van der Waals surface area (Å²) in [6.07, 6.45) is 1.49. The Bertz CT molecular complexity index is 1380. The molecule has 0 atom stereocenters. The smallest absolute Gasteiger partial charge is 0.271 e. The van der Waals surface area contributed by atoms with Crippen LogP contribution in [0.4, 0.5) is 5.69 Å². The zero-order chi connectivity index (χ0) is 24.6. The summed E-state index contributed by atoms with van der Waals surface area (Å²) in [5.74, 6) is 0.696. The van der Waals surface area contributed by atoms with Gasteiger partial charge in [-0.15, -0.1) is 0 Å². The number of fused-ring (bicyclic) bond motifs is 1. The second kappa shape index (κ2) is 10.9. The van der Waals surface area contributed by atoms with Gasteiger partial charge in [-0.3, -0.25) is 14.9 Å². The molecule has 0 aliphatic heterocycles. The summed E-state index contributed by atoms with van der Waals surface area (Å²) in [6.45, 7) is 2.74. The fourth-order valence-corrected chi connectivity index (χ4v) is 3.53. The van der Waals surface area contributed by atoms with Crippen molar-refractivity contribution in [3.8, 4) is 11.5 Å². The highest BCUT2D eigenvalue weighted by Gasteiger charge is 2.10.